The lowest BCUT2D eigenvalue weighted by atomic mass is 10.2. The number of nitrogens with zero attached hydrogens (tertiary/aromatic N) is 3. The summed E-state index contributed by atoms with van der Waals surface area (Å²) in [6.45, 7) is 4.83. The van der Waals surface area contributed by atoms with Gasteiger partial charge in [0, 0.05) is 45.0 Å². The van der Waals surface area contributed by atoms with Gasteiger partial charge < -0.3 is 15.0 Å². The number of aryl methyl sites for hydroxylation is 1. The van der Waals surface area contributed by atoms with Crippen molar-refractivity contribution in [2.45, 2.75) is 19.1 Å². The third-order valence-corrected chi connectivity index (χ3v) is 3.05. The van der Waals surface area contributed by atoms with Gasteiger partial charge in [0.25, 0.3) is 0 Å². The average Bonchev–Trinajstić information content (AvgIpc) is 2.73. The molecule has 5 nitrogen and oxygen atoms in total. The van der Waals surface area contributed by atoms with Crippen LogP contribution in [-0.2, 0) is 18.3 Å². The Kier molecular flexibility index (Phi) is 4.53. The van der Waals surface area contributed by atoms with E-state index in [4.69, 9.17) is 4.74 Å². The third-order valence-electron chi connectivity index (χ3n) is 3.05. The van der Waals surface area contributed by atoms with Crippen LogP contribution in [-0.4, -0.2) is 54.1 Å². The van der Waals surface area contributed by atoms with E-state index in [0.29, 0.717) is 6.10 Å². The molecule has 0 radical (unpaired) electrons. The molecular weight excluding hydrogens is 216 g/mol. The minimum Gasteiger partial charge on any atom is -0.376 e. The van der Waals surface area contributed by atoms with Gasteiger partial charge in [0.2, 0.25) is 0 Å². The Balaban J connectivity index is 1.68. The van der Waals surface area contributed by atoms with Gasteiger partial charge in [0.1, 0.15) is 0 Å². The lowest BCUT2D eigenvalue weighted by Crippen LogP contribution is -2.40. The van der Waals surface area contributed by atoms with Crippen LogP contribution in [0, 0.1) is 0 Å². The third kappa shape index (κ3) is 4.11. The van der Waals surface area contributed by atoms with Crippen LogP contribution in [0.4, 0.5) is 0 Å². The van der Waals surface area contributed by atoms with E-state index in [0.717, 1.165) is 39.2 Å². The maximum atomic E-state index is 5.68. The number of morpholine rings is 1. The van der Waals surface area contributed by atoms with Crippen LogP contribution in [0.25, 0.3) is 0 Å². The minimum absolute atomic E-state index is 0.375. The Morgan fingerprint density at radius 1 is 1.65 bits per heavy atom. The maximum absolute atomic E-state index is 5.68. The highest BCUT2D eigenvalue weighted by molar-refractivity contribution is 5.02. The fourth-order valence-corrected chi connectivity index (χ4v) is 2.11. The van der Waals surface area contributed by atoms with Gasteiger partial charge in [0.15, 0.2) is 0 Å². The predicted octanol–water partition coefficient (Wildman–Crippen LogP) is 0.230. The minimum atomic E-state index is 0.375. The number of hydrogen-bond acceptors (Lipinski definition) is 4. The summed E-state index contributed by atoms with van der Waals surface area (Å²) < 4.78 is 7.52. The normalized spacial score (nSPS) is 21.0. The van der Waals surface area contributed by atoms with E-state index in [1.54, 1.807) is 0 Å². The molecule has 1 fully saturated rings. The van der Waals surface area contributed by atoms with Crippen molar-refractivity contribution in [3.63, 3.8) is 0 Å². The summed E-state index contributed by atoms with van der Waals surface area (Å²) in [5.41, 5.74) is 1.26. The summed E-state index contributed by atoms with van der Waals surface area (Å²) in [6, 6.07) is 0. The fraction of sp³-hybridized carbons (Fsp3) is 0.750. The van der Waals surface area contributed by atoms with Gasteiger partial charge in [-0.1, -0.05) is 0 Å². The van der Waals surface area contributed by atoms with Crippen LogP contribution >= 0.6 is 0 Å². The second-order valence-corrected chi connectivity index (χ2v) is 4.75. The van der Waals surface area contributed by atoms with E-state index in [-0.39, 0.29) is 0 Å². The van der Waals surface area contributed by atoms with Gasteiger partial charge in [-0.2, -0.15) is 5.10 Å². The highest BCUT2D eigenvalue weighted by atomic mass is 16.5. The molecule has 1 aromatic rings. The zero-order valence-corrected chi connectivity index (χ0v) is 10.7. The topological polar surface area (TPSA) is 42.3 Å². The summed E-state index contributed by atoms with van der Waals surface area (Å²) in [7, 11) is 4.09. The number of aromatic nitrogens is 2. The van der Waals surface area contributed by atoms with Crippen molar-refractivity contribution < 1.29 is 4.74 Å². The molecule has 0 saturated carbocycles. The van der Waals surface area contributed by atoms with E-state index >= 15 is 0 Å². The van der Waals surface area contributed by atoms with E-state index in [1.807, 2.05) is 17.9 Å². The van der Waals surface area contributed by atoms with Crippen molar-refractivity contribution in [3.8, 4) is 0 Å². The molecule has 2 rings (SSSR count). The van der Waals surface area contributed by atoms with E-state index in [9.17, 15) is 0 Å². The van der Waals surface area contributed by atoms with Crippen molar-refractivity contribution in [2.75, 3.05) is 33.3 Å². The zero-order valence-electron chi connectivity index (χ0n) is 10.7. The molecule has 5 heteroatoms. The van der Waals surface area contributed by atoms with Crippen LogP contribution in [0.5, 0.6) is 0 Å². The lowest BCUT2D eigenvalue weighted by molar-refractivity contribution is 0.0184. The van der Waals surface area contributed by atoms with Crippen LogP contribution in [0.3, 0.4) is 0 Å². The largest absolute Gasteiger partial charge is 0.376 e. The van der Waals surface area contributed by atoms with Crippen LogP contribution in [0.1, 0.15) is 12.0 Å². The molecule has 1 aromatic heterocycles. The first-order valence-electron chi connectivity index (χ1n) is 6.22. The van der Waals surface area contributed by atoms with E-state index in [1.165, 1.54) is 5.56 Å². The highest BCUT2D eigenvalue weighted by Crippen LogP contribution is 2.05. The van der Waals surface area contributed by atoms with Crippen LogP contribution < -0.4 is 5.32 Å². The summed E-state index contributed by atoms with van der Waals surface area (Å²) >= 11 is 0. The number of rotatable bonds is 5. The van der Waals surface area contributed by atoms with Crippen molar-refractivity contribution in [1.29, 1.82) is 0 Å². The summed E-state index contributed by atoms with van der Waals surface area (Å²) in [5, 5.41) is 7.53. The van der Waals surface area contributed by atoms with Crippen LogP contribution in [0.15, 0.2) is 12.4 Å². The zero-order chi connectivity index (χ0) is 12.1. The molecule has 0 bridgehead atoms. The Morgan fingerprint density at radius 3 is 3.18 bits per heavy atom. The first-order chi connectivity index (χ1) is 8.24. The molecule has 2 heterocycles. The molecule has 0 spiro atoms. The molecule has 1 saturated heterocycles. The number of ether oxygens (including phenoxy) is 1. The average molecular weight is 238 g/mol. The smallest absolute Gasteiger partial charge is 0.0712 e. The quantitative estimate of drug-likeness (QED) is 0.797. The van der Waals surface area contributed by atoms with E-state index < -0.39 is 0 Å². The monoisotopic (exact) mass is 238 g/mol. The second-order valence-electron chi connectivity index (χ2n) is 4.75. The number of hydrogen-bond donors (Lipinski definition) is 1. The maximum Gasteiger partial charge on any atom is 0.0712 e. The van der Waals surface area contributed by atoms with Gasteiger partial charge in [-0.25, -0.2) is 0 Å². The Bertz CT molecular complexity index is 333. The van der Waals surface area contributed by atoms with Crippen molar-refractivity contribution in [1.82, 2.24) is 20.0 Å². The molecule has 1 atom stereocenters. The summed E-state index contributed by atoms with van der Waals surface area (Å²) in [5.74, 6) is 0. The SMILES string of the molecule is CN(CCC1CNCCO1)Cc1cnn(C)c1. The van der Waals surface area contributed by atoms with Crippen LogP contribution in [0.2, 0.25) is 0 Å². The Morgan fingerprint density at radius 2 is 2.53 bits per heavy atom. The molecule has 0 aromatic carbocycles. The van der Waals surface area contributed by atoms with Gasteiger partial charge in [-0.3, -0.25) is 4.68 Å². The molecular formula is C12H22N4O. The van der Waals surface area contributed by atoms with E-state index in [2.05, 4.69) is 28.6 Å². The standard InChI is InChI=1S/C12H22N4O/c1-15(9-11-7-14-16(2)10-11)5-3-12-8-13-4-6-17-12/h7,10,12-13H,3-6,8-9H2,1-2H3. The molecule has 1 aliphatic rings. The molecule has 1 unspecified atom stereocenters. The van der Waals surface area contributed by atoms with Gasteiger partial charge in [-0.05, 0) is 13.5 Å². The fourth-order valence-electron chi connectivity index (χ4n) is 2.11. The molecule has 1 aliphatic heterocycles. The summed E-state index contributed by atoms with van der Waals surface area (Å²) in [6.07, 6.45) is 5.45. The lowest BCUT2D eigenvalue weighted by Gasteiger charge is -2.25. The molecule has 0 amide bonds. The van der Waals surface area contributed by atoms with Crippen molar-refractivity contribution in [2.24, 2.45) is 7.05 Å². The molecule has 1 N–H and O–H groups in total. The summed E-state index contributed by atoms with van der Waals surface area (Å²) in [4.78, 5) is 2.31. The molecule has 17 heavy (non-hydrogen) atoms. The Labute approximate surface area is 103 Å². The van der Waals surface area contributed by atoms with Gasteiger partial charge >= 0.3 is 0 Å². The predicted molar refractivity (Wildman–Crippen MR) is 66.8 cm³/mol. The molecule has 0 aliphatic carbocycles. The van der Waals surface area contributed by atoms with Gasteiger partial charge in [-0.15, -0.1) is 0 Å². The Hall–Kier alpha value is -0.910. The van der Waals surface area contributed by atoms with Crippen molar-refractivity contribution >= 4 is 0 Å². The number of nitrogens with one attached hydrogen (secondary N) is 1. The first kappa shape index (κ1) is 12.5. The second kappa shape index (κ2) is 6.14. The van der Waals surface area contributed by atoms with Gasteiger partial charge in [0.05, 0.1) is 18.9 Å². The first-order valence-corrected chi connectivity index (χ1v) is 6.22. The molecule has 96 valence electrons. The van der Waals surface area contributed by atoms with Crippen molar-refractivity contribution in [3.05, 3.63) is 18.0 Å². The highest BCUT2D eigenvalue weighted by Gasteiger charge is 2.13.